The van der Waals surface area contributed by atoms with E-state index in [1.807, 2.05) is 6.07 Å². The third-order valence-corrected chi connectivity index (χ3v) is 3.32. The van der Waals surface area contributed by atoms with Gasteiger partial charge in [0.05, 0.1) is 5.92 Å². The summed E-state index contributed by atoms with van der Waals surface area (Å²) in [5.74, 6) is -0.0519. The first-order valence-corrected chi connectivity index (χ1v) is 6.49. The summed E-state index contributed by atoms with van der Waals surface area (Å²) in [6.07, 6.45) is 2.53. The lowest BCUT2D eigenvalue weighted by molar-refractivity contribution is -0.125. The van der Waals surface area contributed by atoms with Crippen LogP contribution in [0, 0.1) is 11.7 Å². The molecular formula is C14H20ClFN2O. The quantitative estimate of drug-likeness (QED) is 0.888. The molecule has 0 unspecified atom stereocenters. The van der Waals surface area contributed by atoms with Gasteiger partial charge in [-0.15, -0.1) is 12.4 Å². The molecule has 1 saturated heterocycles. The van der Waals surface area contributed by atoms with E-state index in [9.17, 15) is 9.18 Å². The van der Waals surface area contributed by atoms with Gasteiger partial charge in [-0.3, -0.25) is 4.79 Å². The second-order valence-electron chi connectivity index (χ2n) is 4.68. The van der Waals surface area contributed by atoms with Gasteiger partial charge >= 0.3 is 0 Å². The van der Waals surface area contributed by atoms with Crippen molar-refractivity contribution in [3.05, 3.63) is 35.6 Å². The zero-order valence-electron chi connectivity index (χ0n) is 10.8. The van der Waals surface area contributed by atoms with Crippen LogP contribution in [0.3, 0.4) is 0 Å². The van der Waals surface area contributed by atoms with Crippen LogP contribution >= 0.6 is 12.4 Å². The predicted octanol–water partition coefficient (Wildman–Crippen LogP) is 1.91. The molecule has 1 aromatic rings. The Morgan fingerprint density at radius 3 is 2.89 bits per heavy atom. The van der Waals surface area contributed by atoms with Crippen LogP contribution in [-0.4, -0.2) is 25.5 Å². The zero-order valence-corrected chi connectivity index (χ0v) is 11.6. The average Bonchev–Trinajstić information content (AvgIpc) is 2.42. The summed E-state index contributed by atoms with van der Waals surface area (Å²) in [4.78, 5) is 11.8. The van der Waals surface area contributed by atoms with E-state index < -0.39 is 0 Å². The minimum atomic E-state index is -0.203. The van der Waals surface area contributed by atoms with Crippen molar-refractivity contribution < 1.29 is 9.18 Å². The Kier molecular flexibility index (Phi) is 6.81. The Balaban J connectivity index is 0.00000180. The maximum atomic E-state index is 13.3. The number of halogens is 2. The topological polar surface area (TPSA) is 41.1 Å². The summed E-state index contributed by atoms with van der Waals surface area (Å²) in [5.41, 5.74) is 0.652. The smallest absolute Gasteiger partial charge is 0.224 e. The normalized spacial score (nSPS) is 18.5. The molecule has 1 amide bonds. The van der Waals surface area contributed by atoms with Crippen LogP contribution in [0.15, 0.2) is 24.3 Å². The molecule has 0 aromatic heterocycles. The molecule has 1 aliphatic heterocycles. The van der Waals surface area contributed by atoms with Gasteiger partial charge < -0.3 is 10.6 Å². The highest BCUT2D eigenvalue weighted by atomic mass is 35.5. The summed E-state index contributed by atoms with van der Waals surface area (Å²) in [6.45, 7) is 2.25. The zero-order chi connectivity index (χ0) is 12.8. The monoisotopic (exact) mass is 286 g/mol. The maximum Gasteiger partial charge on any atom is 0.224 e. The summed E-state index contributed by atoms with van der Waals surface area (Å²) in [6, 6.07) is 6.68. The minimum Gasteiger partial charge on any atom is -0.355 e. The van der Waals surface area contributed by atoms with Crippen molar-refractivity contribution >= 4 is 18.3 Å². The van der Waals surface area contributed by atoms with Crippen LogP contribution in [0.25, 0.3) is 0 Å². The second kappa shape index (κ2) is 8.12. The number of rotatable bonds is 4. The standard InChI is InChI=1S/C14H19FN2O.ClH/c15-13-6-2-1-4-11(13)7-9-17-14(18)12-5-3-8-16-10-12;/h1-2,4,6,12,16H,3,5,7-10H2,(H,17,18);1H/t12-;/m1./s1. The lowest BCUT2D eigenvalue weighted by atomic mass is 9.99. The van der Waals surface area contributed by atoms with E-state index in [1.54, 1.807) is 12.1 Å². The summed E-state index contributed by atoms with van der Waals surface area (Å²) in [7, 11) is 0. The van der Waals surface area contributed by atoms with Crippen LogP contribution in [0.5, 0.6) is 0 Å². The van der Waals surface area contributed by atoms with Gasteiger partial charge in [0.2, 0.25) is 5.91 Å². The average molecular weight is 287 g/mol. The molecule has 1 aliphatic rings. The van der Waals surface area contributed by atoms with E-state index in [0.717, 1.165) is 25.9 Å². The van der Waals surface area contributed by atoms with Gasteiger partial charge in [-0.1, -0.05) is 18.2 Å². The van der Waals surface area contributed by atoms with Crippen molar-refractivity contribution in [1.29, 1.82) is 0 Å². The minimum absolute atomic E-state index is 0. The van der Waals surface area contributed by atoms with E-state index >= 15 is 0 Å². The summed E-state index contributed by atoms with van der Waals surface area (Å²) < 4.78 is 13.3. The number of nitrogens with one attached hydrogen (secondary N) is 2. The van der Waals surface area contributed by atoms with Gasteiger partial charge in [0.25, 0.3) is 0 Å². The number of amides is 1. The summed E-state index contributed by atoms with van der Waals surface area (Å²) >= 11 is 0. The molecule has 0 bridgehead atoms. The number of hydrogen-bond acceptors (Lipinski definition) is 2. The van der Waals surface area contributed by atoms with Crippen LogP contribution < -0.4 is 10.6 Å². The molecule has 1 atom stereocenters. The molecule has 0 spiro atoms. The molecule has 0 radical (unpaired) electrons. The third kappa shape index (κ3) is 4.80. The molecule has 1 heterocycles. The van der Waals surface area contributed by atoms with Gasteiger partial charge in [0.15, 0.2) is 0 Å². The van der Waals surface area contributed by atoms with Gasteiger partial charge in [0, 0.05) is 13.1 Å². The Morgan fingerprint density at radius 1 is 1.42 bits per heavy atom. The Labute approximate surface area is 119 Å². The third-order valence-electron chi connectivity index (χ3n) is 3.32. The number of piperidine rings is 1. The Hall–Kier alpha value is -1.13. The highest BCUT2D eigenvalue weighted by molar-refractivity contribution is 5.85. The highest BCUT2D eigenvalue weighted by Gasteiger charge is 2.20. The van der Waals surface area contributed by atoms with E-state index in [1.165, 1.54) is 6.07 Å². The van der Waals surface area contributed by atoms with Crippen LogP contribution in [0.4, 0.5) is 4.39 Å². The molecule has 0 aliphatic carbocycles. The van der Waals surface area contributed by atoms with E-state index in [0.29, 0.717) is 18.5 Å². The van der Waals surface area contributed by atoms with Gasteiger partial charge in [0.1, 0.15) is 5.82 Å². The number of carbonyl (C=O) groups excluding carboxylic acids is 1. The molecule has 2 rings (SSSR count). The SMILES string of the molecule is Cl.O=C(NCCc1ccccc1F)[C@@H]1CCCNC1. The first kappa shape index (κ1) is 15.9. The fourth-order valence-corrected chi connectivity index (χ4v) is 2.24. The molecule has 0 saturated carbocycles. The van der Waals surface area contributed by atoms with E-state index in [-0.39, 0.29) is 30.0 Å². The fraction of sp³-hybridized carbons (Fsp3) is 0.500. The van der Waals surface area contributed by atoms with E-state index in [4.69, 9.17) is 0 Å². The van der Waals surface area contributed by atoms with Gasteiger partial charge in [-0.25, -0.2) is 4.39 Å². The fourth-order valence-electron chi connectivity index (χ4n) is 2.24. The predicted molar refractivity (Wildman–Crippen MR) is 76.0 cm³/mol. The first-order chi connectivity index (χ1) is 8.77. The number of carbonyl (C=O) groups is 1. The van der Waals surface area contributed by atoms with Crippen molar-refractivity contribution in [3.8, 4) is 0 Å². The van der Waals surface area contributed by atoms with Crippen LogP contribution in [0.2, 0.25) is 0 Å². The molecular weight excluding hydrogens is 267 g/mol. The van der Waals surface area contributed by atoms with Gasteiger partial charge in [-0.2, -0.15) is 0 Å². The molecule has 19 heavy (non-hydrogen) atoms. The molecule has 3 nitrogen and oxygen atoms in total. The van der Waals surface area contributed by atoms with Crippen molar-refractivity contribution in [1.82, 2.24) is 10.6 Å². The molecule has 2 N–H and O–H groups in total. The molecule has 1 aromatic carbocycles. The van der Waals surface area contributed by atoms with Crippen molar-refractivity contribution in [3.63, 3.8) is 0 Å². The Bertz CT molecular complexity index is 408. The molecule has 106 valence electrons. The maximum absolute atomic E-state index is 13.3. The summed E-state index contributed by atoms with van der Waals surface area (Å²) in [5, 5.41) is 6.09. The van der Waals surface area contributed by atoms with E-state index in [2.05, 4.69) is 10.6 Å². The largest absolute Gasteiger partial charge is 0.355 e. The van der Waals surface area contributed by atoms with Crippen LogP contribution in [0.1, 0.15) is 18.4 Å². The molecule has 5 heteroatoms. The number of hydrogen-bond donors (Lipinski definition) is 2. The number of benzene rings is 1. The first-order valence-electron chi connectivity index (χ1n) is 6.49. The second-order valence-corrected chi connectivity index (χ2v) is 4.68. The molecule has 1 fully saturated rings. The van der Waals surface area contributed by atoms with Crippen molar-refractivity contribution in [2.75, 3.05) is 19.6 Å². The van der Waals surface area contributed by atoms with Crippen molar-refractivity contribution in [2.24, 2.45) is 5.92 Å². The Morgan fingerprint density at radius 2 is 2.21 bits per heavy atom. The lowest BCUT2D eigenvalue weighted by Gasteiger charge is -2.21. The lowest BCUT2D eigenvalue weighted by Crippen LogP contribution is -2.41. The van der Waals surface area contributed by atoms with Gasteiger partial charge in [-0.05, 0) is 37.4 Å². The van der Waals surface area contributed by atoms with Crippen LogP contribution in [-0.2, 0) is 11.2 Å². The van der Waals surface area contributed by atoms with Crippen molar-refractivity contribution in [2.45, 2.75) is 19.3 Å². The highest BCUT2D eigenvalue weighted by Crippen LogP contribution is 2.10.